The molecule has 2 aliphatic heterocycles. The Morgan fingerprint density at radius 3 is 2.79 bits per heavy atom. The van der Waals surface area contributed by atoms with Crippen LogP contribution in [0.1, 0.15) is 40.9 Å². The second-order valence-electron chi connectivity index (χ2n) is 5.75. The van der Waals surface area contributed by atoms with E-state index in [1.807, 2.05) is 11.4 Å². The van der Waals surface area contributed by atoms with Gasteiger partial charge >= 0.3 is 0 Å². The van der Waals surface area contributed by atoms with Crippen molar-refractivity contribution in [2.45, 2.75) is 38.6 Å². The molecule has 1 amide bonds. The lowest BCUT2D eigenvalue weighted by atomic mass is 10.2. The van der Waals surface area contributed by atoms with E-state index >= 15 is 0 Å². The third-order valence-electron chi connectivity index (χ3n) is 4.28. The lowest BCUT2D eigenvalue weighted by molar-refractivity contribution is 0.0709. The number of likely N-dealkylation sites (tertiary alicyclic amines) is 2. The average molecular weight is 278 g/mol. The van der Waals surface area contributed by atoms with Crippen molar-refractivity contribution >= 4 is 17.2 Å². The van der Waals surface area contributed by atoms with Gasteiger partial charge in [-0.25, -0.2) is 0 Å². The highest BCUT2D eigenvalue weighted by atomic mass is 32.1. The molecule has 0 bridgehead atoms. The minimum atomic E-state index is 0.242. The quantitative estimate of drug-likeness (QED) is 0.849. The normalized spacial score (nSPS) is 24.3. The van der Waals surface area contributed by atoms with Crippen LogP contribution in [0.15, 0.2) is 11.4 Å². The second-order valence-corrected chi connectivity index (χ2v) is 6.86. The Kier molecular flexibility index (Phi) is 3.89. The number of aryl methyl sites for hydroxylation is 1. The van der Waals surface area contributed by atoms with Gasteiger partial charge in [0.15, 0.2) is 0 Å². The van der Waals surface area contributed by atoms with E-state index in [0.717, 1.165) is 25.1 Å². The van der Waals surface area contributed by atoms with Crippen LogP contribution in [0.5, 0.6) is 0 Å². The van der Waals surface area contributed by atoms with Crippen LogP contribution in [0.25, 0.3) is 0 Å². The van der Waals surface area contributed by atoms with Gasteiger partial charge in [0.25, 0.3) is 5.91 Å². The van der Waals surface area contributed by atoms with E-state index in [1.54, 1.807) is 11.3 Å². The fourth-order valence-electron chi connectivity index (χ4n) is 3.28. The number of hydrogen-bond acceptors (Lipinski definition) is 3. The zero-order chi connectivity index (χ0) is 13.2. The van der Waals surface area contributed by atoms with Crippen molar-refractivity contribution in [1.82, 2.24) is 9.80 Å². The molecule has 1 aromatic heterocycles. The molecular formula is C15H22N2OS. The predicted octanol–water partition coefficient (Wildman–Crippen LogP) is 2.76. The van der Waals surface area contributed by atoms with Gasteiger partial charge in [-0.1, -0.05) is 0 Å². The van der Waals surface area contributed by atoms with Crippen molar-refractivity contribution in [2.75, 3.05) is 26.2 Å². The summed E-state index contributed by atoms with van der Waals surface area (Å²) in [6.45, 7) is 6.51. The molecule has 3 nitrogen and oxygen atoms in total. The highest BCUT2D eigenvalue weighted by Crippen LogP contribution is 2.24. The summed E-state index contributed by atoms with van der Waals surface area (Å²) in [6, 6.07) is 2.46. The molecule has 1 atom stereocenters. The summed E-state index contributed by atoms with van der Waals surface area (Å²) < 4.78 is 0. The van der Waals surface area contributed by atoms with E-state index in [-0.39, 0.29) is 5.91 Å². The molecule has 0 saturated carbocycles. The maximum atomic E-state index is 12.6. The van der Waals surface area contributed by atoms with E-state index in [9.17, 15) is 4.79 Å². The van der Waals surface area contributed by atoms with Crippen LogP contribution in [0.4, 0.5) is 0 Å². The van der Waals surface area contributed by atoms with Crippen LogP contribution in [0.2, 0.25) is 0 Å². The summed E-state index contributed by atoms with van der Waals surface area (Å²) in [5, 5.41) is 2.00. The largest absolute Gasteiger partial charge is 0.334 e. The van der Waals surface area contributed by atoms with Crippen molar-refractivity contribution in [3.8, 4) is 0 Å². The van der Waals surface area contributed by atoms with Gasteiger partial charge in [-0.05, 0) is 51.8 Å². The van der Waals surface area contributed by atoms with Gasteiger partial charge in [-0.2, -0.15) is 0 Å². The van der Waals surface area contributed by atoms with Crippen LogP contribution in [0, 0.1) is 6.92 Å². The van der Waals surface area contributed by atoms with Crippen LogP contribution in [-0.4, -0.2) is 47.9 Å². The Labute approximate surface area is 119 Å². The summed E-state index contributed by atoms with van der Waals surface area (Å²) in [6.07, 6.45) is 4.98. The van der Waals surface area contributed by atoms with Crippen LogP contribution >= 0.6 is 11.3 Å². The highest BCUT2D eigenvalue weighted by Gasteiger charge is 2.31. The highest BCUT2D eigenvalue weighted by molar-refractivity contribution is 7.10. The number of carbonyl (C=O) groups is 1. The Morgan fingerprint density at radius 1 is 1.32 bits per heavy atom. The van der Waals surface area contributed by atoms with Gasteiger partial charge in [0.2, 0.25) is 0 Å². The lowest BCUT2D eigenvalue weighted by Crippen LogP contribution is -2.42. The molecule has 1 aromatic rings. The van der Waals surface area contributed by atoms with E-state index < -0.39 is 0 Å². The van der Waals surface area contributed by atoms with Gasteiger partial charge in [0.1, 0.15) is 0 Å². The maximum Gasteiger partial charge on any atom is 0.255 e. The zero-order valence-electron chi connectivity index (χ0n) is 11.6. The molecule has 0 N–H and O–H groups in total. The average Bonchev–Trinajstić information content (AvgIpc) is 3.10. The van der Waals surface area contributed by atoms with Crippen molar-refractivity contribution in [2.24, 2.45) is 0 Å². The van der Waals surface area contributed by atoms with Gasteiger partial charge < -0.3 is 9.80 Å². The standard InChI is InChI=1S/C15H22N2OS/c1-12-9-13(11-19-12)15(18)17-8-4-5-14(17)10-16-6-2-3-7-16/h9,11,14H,2-8,10H2,1H3/t14-/m1/s1. The first-order chi connectivity index (χ1) is 9.24. The van der Waals surface area contributed by atoms with E-state index in [2.05, 4.69) is 16.7 Å². The van der Waals surface area contributed by atoms with Crippen molar-refractivity contribution in [3.05, 3.63) is 21.9 Å². The van der Waals surface area contributed by atoms with Crippen molar-refractivity contribution in [1.29, 1.82) is 0 Å². The summed E-state index contributed by atoms with van der Waals surface area (Å²) >= 11 is 1.67. The number of carbonyl (C=O) groups excluding carboxylic acids is 1. The third-order valence-corrected chi connectivity index (χ3v) is 5.14. The Hall–Kier alpha value is -0.870. The number of thiophene rings is 1. The molecular weight excluding hydrogens is 256 g/mol. The lowest BCUT2D eigenvalue weighted by Gasteiger charge is -2.28. The monoisotopic (exact) mass is 278 g/mol. The topological polar surface area (TPSA) is 23.6 Å². The molecule has 2 fully saturated rings. The first-order valence-electron chi connectivity index (χ1n) is 7.32. The van der Waals surface area contributed by atoms with Crippen molar-refractivity contribution in [3.63, 3.8) is 0 Å². The SMILES string of the molecule is Cc1cc(C(=O)N2CCC[C@@H]2CN2CCCC2)cs1. The molecule has 2 aliphatic rings. The maximum absolute atomic E-state index is 12.6. The fraction of sp³-hybridized carbons (Fsp3) is 0.667. The Morgan fingerprint density at radius 2 is 2.11 bits per heavy atom. The van der Waals surface area contributed by atoms with Crippen molar-refractivity contribution < 1.29 is 4.79 Å². The molecule has 3 rings (SSSR count). The molecule has 0 unspecified atom stereocenters. The second kappa shape index (κ2) is 5.63. The molecule has 0 spiro atoms. The number of rotatable bonds is 3. The van der Waals surface area contributed by atoms with Gasteiger partial charge in [-0.15, -0.1) is 11.3 Å². The summed E-state index contributed by atoms with van der Waals surface area (Å²) in [5.74, 6) is 0.242. The fourth-order valence-corrected chi connectivity index (χ4v) is 3.95. The minimum absolute atomic E-state index is 0.242. The molecule has 4 heteroatoms. The molecule has 3 heterocycles. The minimum Gasteiger partial charge on any atom is -0.334 e. The molecule has 0 aliphatic carbocycles. The van der Waals surface area contributed by atoms with Crippen LogP contribution < -0.4 is 0 Å². The summed E-state index contributed by atoms with van der Waals surface area (Å²) in [4.78, 5) is 18.4. The first kappa shape index (κ1) is 13.1. The number of amides is 1. The van der Waals surface area contributed by atoms with Crippen LogP contribution in [-0.2, 0) is 0 Å². The van der Waals surface area contributed by atoms with E-state index in [0.29, 0.717) is 6.04 Å². The first-order valence-corrected chi connectivity index (χ1v) is 8.20. The zero-order valence-corrected chi connectivity index (χ0v) is 12.4. The smallest absolute Gasteiger partial charge is 0.255 e. The van der Waals surface area contributed by atoms with Gasteiger partial charge in [-0.3, -0.25) is 4.79 Å². The summed E-state index contributed by atoms with van der Waals surface area (Å²) in [7, 11) is 0. The number of hydrogen-bond donors (Lipinski definition) is 0. The Bertz CT molecular complexity index is 451. The van der Waals surface area contributed by atoms with E-state index in [1.165, 1.54) is 37.2 Å². The third kappa shape index (κ3) is 2.84. The summed E-state index contributed by atoms with van der Waals surface area (Å²) in [5.41, 5.74) is 0.885. The Balaban J connectivity index is 1.66. The molecule has 104 valence electrons. The molecule has 0 radical (unpaired) electrons. The predicted molar refractivity (Wildman–Crippen MR) is 78.8 cm³/mol. The molecule has 19 heavy (non-hydrogen) atoms. The molecule has 2 saturated heterocycles. The number of nitrogens with zero attached hydrogens (tertiary/aromatic N) is 2. The molecule has 0 aromatic carbocycles. The van der Waals surface area contributed by atoms with Gasteiger partial charge in [0.05, 0.1) is 5.56 Å². The van der Waals surface area contributed by atoms with Gasteiger partial charge in [0, 0.05) is 29.4 Å². The van der Waals surface area contributed by atoms with Crippen LogP contribution in [0.3, 0.4) is 0 Å². The van der Waals surface area contributed by atoms with E-state index in [4.69, 9.17) is 0 Å².